The summed E-state index contributed by atoms with van der Waals surface area (Å²) in [5.41, 5.74) is 0.00208. The van der Waals surface area contributed by atoms with Crippen molar-refractivity contribution >= 4 is 11.9 Å². The molecule has 0 aliphatic rings. The van der Waals surface area contributed by atoms with Gasteiger partial charge in [-0.2, -0.15) is 0 Å². The number of carboxylic acid groups (broad SMARTS) is 1. The van der Waals surface area contributed by atoms with Crippen LogP contribution in [0, 0.1) is 0 Å². The maximum absolute atomic E-state index is 11.2. The van der Waals surface area contributed by atoms with Crippen LogP contribution in [0.4, 0.5) is 0 Å². The van der Waals surface area contributed by atoms with E-state index in [1.807, 2.05) is 0 Å². The number of furan rings is 1. The van der Waals surface area contributed by atoms with Crippen LogP contribution in [0.25, 0.3) is 0 Å². The highest BCUT2D eigenvalue weighted by Gasteiger charge is 2.10. The Labute approximate surface area is 86.0 Å². The van der Waals surface area contributed by atoms with E-state index in [4.69, 9.17) is 14.3 Å². The van der Waals surface area contributed by atoms with Crippen LogP contribution < -0.4 is 0 Å². The number of aliphatic carboxylic acids is 1. The number of hydrogen-bond donors (Lipinski definition) is 1. The molecule has 1 aromatic heterocycles. The van der Waals surface area contributed by atoms with Crippen molar-refractivity contribution in [2.75, 3.05) is 6.61 Å². The molecule has 0 aliphatic heterocycles. The van der Waals surface area contributed by atoms with Crippen LogP contribution in [0.5, 0.6) is 0 Å². The number of esters is 1. The highest BCUT2D eigenvalue weighted by Crippen LogP contribution is 2.04. The van der Waals surface area contributed by atoms with Gasteiger partial charge in [-0.1, -0.05) is 6.58 Å². The second-order valence-corrected chi connectivity index (χ2v) is 2.77. The summed E-state index contributed by atoms with van der Waals surface area (Å²) in [6.45, 7) is 3.28. The first-order valence-corrected chi connectivity index (χ1v) is 4.23. The first-order valence-electron chi connectivity index (χ1n) is 4.23. The minimum atomic E-state index is -1.09. The van der Waals surface area contributed by atoms with Gasteiger partial charge in [0.15, 0.2) is 0 Å². The van der Waals surface area contributed by atoms with E-state index in [0.717, 1.165) is 0 Å². The SMILES string of the molecule is C=C(CCOC(=O)c1ccco1)C(=O)O. The molecule has 0 saturated heterocycles. The molecule has 0 bridgehead atoms. The topological polar surface area (TPSA) is 76.7 Å². The quantitative estimate of drug-likeness (QED) is 0.588. The van der Waals surface area contributed by atoms with Crippen LogP contribution in [0.2, 0.25) is 0 Å². The largest absolute Gasteiger partial charge is 0.478 e. The molecule has 0 aliphatic carbocycles. The lowest BCUT2D eigenvalue weighted by Gasteiger charge is -2.02. The molecule has 15 heavy (non-hydrogen) atoms. The maximum Gasteiger partial charge on any atom is 0.374 e. The molecule has 1 heterocycles. The fraction of sp³-hybridized carbons (Fsp3) is 0.200. The highest BCUT2D eigenvalue weighted by atomic mass is 16.5. The summed E-state index contributed by atoms with van der Waals surface area (Å²) >= 11 is 0. The van der Waals surface area contributed by atoms with E-state index in [-0.39, 0.29) is 24.4 Å². The van der Waals surface area contributed by atoms with E-state index >= 15 is 0 Å². The molecular formula is C10H10O5. The molecule has 0 radical (unpaired) electrons. The molecule has 0 amide bonds. The summed E-state index contributed by atoms with van der Waals surface area (Å²) in [7, 11) is 0. The van der Waals surface area contributed by atoms with Gasteiger partial charge in [0.1, 0.15) is 0 Å². The zero-order valence-corrected chi connectivity index (χ0v) is 7.93. The molecule has 0 aromatic carbocycles. The zero-order chi connectivity index (χ0) is 11.3. The monoisotopic (exact) mass is 210 g/mol. The van der Waals surface area contributed by atoms with Crippen LogP contribution in [0.1, 0.15) is 17.0 Å². The molecule has 0 saturated carbocycles. The first kappa shape index (κ1) is 11.0. The van der Waals surface area contributed by atoms with E-state index in [1.54, 1.807) is 6.07 Å². The number of ether oxygens (including phenoxy) is 1. The Morgan fingerprint density at radius 3 is 2.80 bits per heavy atom. The van der Waals surface area contributed by atoms with Crippen molar-refractivity contribution in [1.29, 1.82) is 0 Å². The van der Waals surface area contributed by atoms with Gasteiger partial charge >= 0.3 is 11.9 Å². The van der Waals surface area contributed by atoms with E-state index in [1.165, 1.54) is 12.3 Å². The fourth-order valence-electron chi connectivity index (χ4n) is 0.840. The average Bonchev–Trinajstić information content (AvgIpc) is 2.70. The summed E-state index contributed by atoms with van der Waals surface area (Å²) in [4.78, 5) is 21.5. The van der Waals surface area contributed by atoms with Crippen LogP contribution in [-0.4, -0.2) is 23.7 Å². The second kappa shape index (κ2) is 4.99. The number of carboxylic acids is 1. The lowest BCUT2D eigenvalue weighted by Crippen LogP contribution is -2.08. The van der Waals surface area contributed by atoms with Gasteiger partial charge in [-0.25, -0.2) is 9.59 Å². The van der Waals surface area contributed by atoms with Crippen LogP contribution >= 0.6 is 0 Å². The van der Waals surface area contributed by atoms with Crippen LogP contribution in [0.3, 0.4) is 0 Å². The summed E-state index contributed by atoms with van der Waals surface area (Å²) in [5, 5.41) is 8.47. The third-order valence-corrected chi connectivity index (χ3v) is 1.66. The second-order valence-electron chi connectivity index (χ2n) is 2.77. The lowest BCUT2D eigenvalue weighted by atomic mass is 10.2. The number of rotatable bonds is 5. The van der Waals surface area contributed by atoms with Gasteiger partial charge in [0.05, 0.1) is 12.9 Å². The van der Waals surface area contributed by atoms with Crippen molar-refractivity contribution in [2.45, 2.75) is 6.42 Å². The van der Waals surface area contributed by atoms with Gasteiger partial charge in [-0.05, 0) is 12.1 Å². The van der Waals surface area contributed by atoms with Crippen molar-refractivity contribution in [3.05, 3.63) is 36.3 Å². The number of hydrogen-bond acceptors (Lipinski definition) is 4. The van der Waals surface area contributed by atoms with Crippen LogP contribution in [0.15, 0.2) is 35.0 Å². The van der Waals surface area contributed by atoms with Gasteiger partial charge in [0.25, 0.3) is 0 Å². The van der Waals surface area contributed by atoms with E-state index < -0.39 is 11.9 Å². The minimum absolute atomic E-state index is 0.00208. The minimum Gasteiger partial charge on any atom is -0.478 e. The van der Waals surface area contributed by atoms with Gasteiger partial charge in [0, 0.05) is 12.0 Å². The smallest absolute Gasteiger partial charge is 0.374 e. The molecular weight excluding hydrogens is 200 g/mol. The number of carbonyl (C=O) groups excluding carboxylic acids is 1. The third kappa shape index (κ3) is 3.30. The Morgan fingerprint density at radius 1 is 1.53 bits per heavy atom. The van der Waals surface area contributed by atoms with Crippen molar-refractivity contribution in [1.82, 2.24) is 0 Å². The summed E-state index contributed by atoms with van der Waals surface area (Å²) in [6.07, 6.45) is 1.45. The maximum atomic E-state index is 11.2. The lowest BCUT2D eigenvalue weighted by molar-refractivity contribution is -0.132. The Hall–Kier alpha value is -2.04. The molecule has 80 valence electrons. The first-order chi connectivity index (χ1) is 7.11. The molecule has 0 atom stereocenters. The van der Waals surface area contributed by atoms with Gasteiger partial charge in [-0.3, -0.25) is 0 Å². The van der Waals surface area contributed by atoms with Crippen molar-refractivity contribution in [3.8, 4) is 0 Å². The summed E-state index contributed by atoms with van der Waals surface area (Å²) in [6, 6.07) is 3.03. The predicted molar refractivity (Wildman–Crippen MR) is 50.4 cm³/mol. The third-order valence-electron chi connectivity index (χ3n) is 1.66. The predicted octanol–water partition coefficient (Wildman–Crippen LogP) is 1.47. The van der Waals surface area contributed by atoms with Gasteiger partial charge in [0.2, 0.25) is 5.76 Å². The van der Waals surface area contributed by atoms with Crippen molar-refractivity contribution < 1.29 is 23.8 Å². The molecule has 1 N–H and O–H groups in total. The van der Waals surface area contributed by atoms with Gasteiger partial charge < -0.3 is 14.3 Å². The van der Waals surface area contributed by atoms with Crippen molar-refractivity contribution in [3.63, 3.8) is 0 Å². The average molecular weight is 210 g/mol. The summed E-state index contributed by atoms with van der Waals surface area (Å²) < 4.78 is 9.54. The highest BCUT2D eigenvalue weighted by molar-refractivity contribution is 5.87. The molecule has 0 spiro atoms. The van der Waals surface area contributed by atoms with E-state index in [0.29, 0.717) is 0 Å². The zero-order valence-electron chi connectivity index (χ0n) is 7.93. The Bertz CT molecular complexity index is 363. The van der Waals surface area contributed by atoms with E-state index in [2.05, 4.69) is 6.58 Å². The Balaban J connectivity index is 2.30. The van der Waals surface area contributed by atoms with Crippen LogP contribution in [-0.2, 0) is 9.53 Å². The standard InChI is InChI=1S/C10H10O5/c1-7(9(11)12)4-6-15-10(13)8-3-2-5-14-8/h2-3,5H,1,4,6H2,(H,11,12). The Kier molecular flexibility index (Phi) is 3.68. The van der Waals surface area contributed by atoms with Gasteiger partial charge in [-0.15, -0.1) is 0 Å². The van der Waals surface area contributed by atoms with Crippen molar-refractivity contribution in [2.24, 2.45) is 0 Å². The molecule has 0 unspecified atom stereocenters. The molecule has 0 fully saturated rings. The fourth-order valence-corrected chi connectivity index (χ4v) is 0.840. The Morgan fingerprint density at radius 2 is 2.27 bits per heavy atom. The normalized spacial score (nSPS) is 9.60. The summed E-state index contributed by atoms with van der Waals surface area (Å²) in [5.74, 6) is -1.61. The van der Waals surface area contributed by atoms with E-state index in [9.17, 15) is 9.59 Å². The molecule has 1 aromatic rings. The molecule has 5 heteroatoms. The molecule has 5 nitrogen and oxygen atoms in total. The number of carbonyl (C=O) groups is 2. The molecule has 1 rings (SSSR count).